The second-order valence-corrected chi connectivity index (χ2v) is 4.25. The number of nitrogens with one attached hydrogen (secondary N) is 2. The summed E-state index contributed by atoms with van der Waals surface area (Å²) in [6, 6.07) is 1.52. The summed E-state index contributed by atoms with van der Waals surface area (Å²) in [4.78, 5) is 15.3. The molecule has 2 N–H and O–H groups in total. The third-order valence-corrected chi connectivity index (χ3v) is 2.89. The fourth-order valence-corrected chi connectivity index (χ4v) is 1.95. The Bertz CT molecular complexity index is 391. The van der Waals surface area contributed by atoms with Crippen molar-refractivity contribution in [2.45, 2.75) is 25.3 Å². The van der Waals surface area contributed by atoms with Gasteiger partial charge < -0.3 is 10.6 Å². The predicted octanol–water partition coefficient (Wildman–Crippen LogP) is 1.09. The van der Waals surface area contributed by atoms with E-state index < -0.39 is 5.82 Å². The van der Waals surface area contributed by atoms with Crippen molar-refractivity contribution in [1.82, 2.24) is 15.6 Å². The van der Waals surface area contributed by atoms with Gasteiger partial charge in [0.1, 0.15) is 5.82 Å². The van der Waals surface area contributed by atoms with E-state index in [-0.39, 0.29) is 11.5 Å². The Morgan fingerprint density at radius 3 is 3.12 bits per heavy atom. The second kappa shape index (κ2) is 5.72. The summed E-state index contributed by atoms with van der Waals surface area (Å²) in [5.74, 6) is -0.766. The lowest BCUT2D eigenvalue weighted by molar-refractivity contribution is 0.0947. The summed E-state index contributed by atoms with van der Waals surface area (Å²) in [5.41, 5.74) is 0.265. The molecule has 1 saturated heterocycles. The van der Waals surface area contributed by atoms with Crippen LogP contribution in [0, 0.1) is 5.82 Å². The van der Waals surface area contributed by atoms with Crippen molar-refractivity contribution in [2.24, 2.45) is 0 Å². The number of pyridine rings is 1. The zero-order valence-corrected chi connectivity index (χ0v) is 9.58. The molecule has 1 fully saturated rings. The predicted molar refractivity (Wildman–Crippen MR) is 62.2 cm³/mol. The molecule has 5 heteroatoms. The third kappa shape index (κ3) is 3.49. The van der Waals surface area contributed by atoms with Crippen molar-refractivity contribution in [3.8, 4) is 0 Å². The fraction of sp³-hybridized carbons (Fsp3) is 0.500. The van der Waals surface area contributed by atoms with Crippen LogP contribution in [0.3, 0.4) is 0 Å². The van der Waals surface area contributed by atoms with E-state index in [1.165, 1.54) is 25.1 Å². The Morgan fingerprint density at radius 2 is 2.41 bits per heavy atom. The number of hydrogen-bond acceptors (Lipinski definition) is 3. The molecule has 1 atom stereocenters. The summed E-state index contributed by atoms with van der Waals surface area (Å²) >= 11 is 0. The van der Waals surface area contributed by atoms with Gasteiger partial charge in [-0.3, -0.25) is 9.78 Å². The molecule has 0 radical (unpaired) electrons. The van der Waals surface area contributed by atoms with E-state index in [1.54, 1.807) is 0 Å². The van der Waals surface area contributed by atoms with Crippen molar-refractivity contribution in [3.63, 3.8) is 0 Å². The van der Waals surface area contributed by atoms with Gasteiger partial charge in [-0.2, -0.15) is 0 Å². The maximum Gasteiger partial charge on any atom is 0.253 e. The standard InChI is InChI=1S/C12H16FN3O/c13-10-5-9(6-14-7-10)12(17)16-8-11-3-1-2-4-15-11/h5-7,11,15H,1-4,8H2,(H,16,17). The zero-order valence-electron chi connectivity index (χ0n) is 9.58. The van der Waals surface area contributed by atoms with Crippen LogP contribution in [0.25, 0.3) is 0 Å². The van der Waals surface area contributed by atoms with Crippen LogP contribution in [0.2, 0.25) is 0 Å². The van der Waals surface area contributed by atoms with Crippen LogP contribution in [0.1, 0.15) is 29.6 Å². The molecule has 1 aliphatic heterocycles. The van der Waals surface area contributed by atoms with E-state index >= 15 is 0 Å². The SMILES string of the molecule is O=C(NCC1CCCCN1)c1cncc(F)c1. The Hall–Kier alpha value is -1.49. The number of aromatic nitrogens is 1. The molecule has 1 aromatic heterocycles. The lowest BCUT2D eigenvalue weighted by atomic mass is 10.1. The topological polar surface area (TPSA) is 54.0 Å². The highest BCUT2D eigenvalue weighted by atomic mass is 19.1. The van der Waals surface area contributed by atoms with E-state index in [4.69, 9.17) is 0 Å². The highest BCUT2D eigenvalue weighted by Crippen LogP contribution is 2.06. The number of amides is 1. The molecular weight excluding hydrogens is 221 g/mol. The van der Waals surface area contributed by atoms with Crippen molar-refractivity contribution in [3.05, 3.63) is 29.8 Å². The number of rotatable bonds is 3. The number of hydrogen-bond donors (Lipinski definition) is 2. The lowest BCUT2D eigenvalue weighted by Crippen LogP contribution is -2.43. The van der Waals surface area contributed by atoms with Gasteiger partial charge in [-0.05, 0) is 25.5 Å². The summed E-state index contributed by atoms with van der Waals surface area (Å²) in [5, 5.41) is 6.12. The van der Waals surface area contributed by atoms with Crippen LogP contribution in [0.15, 0.2) is 18.5 Å². The molecule has 92 valence electrons. The summed E-state index contributed by atoms with van der Waals surface area (Å²) < 4.78 is 12.9. The Balaban J connectivity index is 1.84. The van der Waals surface area contributed by atoms with Crippen molar-refractivity contribution in [2.75, 3.05) is 13.1 Å². The van der Waals surface area contributed by atoms with Gasteiger partial charge in [0.05, 0.1) is 11.8 Å². The molecule has 1 amide bonds. The normalized spacial score (nSPS) is 19.9. The first kappa shape index (κ1) is 12.0. The van der Waals surface area contributed by atoms with Gasteiger partial charge in [-0.25, -0.2) is 4.39 Å². The first-order chi connectivity index (χ1) is 8.25. The molecule has 2 rings (SSSR count). The van der Waals surface area contributed by atoms with Gasteiger partial charge in [0, 0.05) is 18.8 Å². The van der Waals surface area contributed by atoms with Crippen LogP contribution in [-0.4, -0.2) is 30.0 Å². The largest absolute Gasteiger partial charge is 0.350 e. The summed E-state index contributed by atoms with van der Waals surface area (Å²) in [6.07, 6.45) is 5.90. The van der Waals surface area contributed by atoms with Crippen LogP contribution < -0.4 is 10.6 Å². The Morgan fingerprint density at radius 1 is 1.53 bits per heavy atom. The minimum Gasteiger partial charge on any atom is -0.350 e. The number of piperidine rings is 1. The lowest BCUT2D eigenvalue weighted by Gasteiger charge is -2.23. The third-order valence-electron chi connectivity index (χ3n) is 2.89. The molecule has 2 heterocycles. The Kier molecular flexibility index (Phi) is 4.03. The molecule has 0 bridgehead atoms. The summed E-state index contributed by atoms with van der Waals surface area (Å²) in [7, 11) is 0. The van der Waals surface area contributed by atoms with Gasteiger partial charge in [-0.1, -0.05) is 6.42 Å². The van der Waals surface area contributed by atoms with Crippen LogP contribution in [-0.2, 0) is 0 Å². The van der Waals surface area contributed by atoms with Crippen LogP contribution >= 0.6 is 0 Å². The second-order valence-electron chi connectivity index (χ2n) is 4.25. The Labute approximate surface area is 99.6 Å². The molecule has 1 aliphatic rings. The first-order valence-corrected chi connectivity index (χ1v) is 5.88. The molecule has 0 aromatic carbocycles. The van der Waals surface area contributed by atoms with Gasteiger partial charge in [0.25, 0.3) is 5.91 Å². The van der Waals surface area contributed by atoms with Gasteiger partial charge in [-0.15, -0.1) is 0 Å². The quantitative estimate of drug-likeness (QED) is 0.827. The number of nitrogens with zero attached hydrogens (tertiary/aromatic N) is 1. The monoisotopic (exact) mass is 237 g/mol. The molecule has 4 nitrogen and oxygen atoms in total. The maximum atomic E-state index is 12.9. The van der Waals surface area contributed by atoms with Crippen molar-refractivity contribution >= 4 is 5.91 Å². The van der Waals surface area contributed by atoms with E-state index in [0.29, 0.717) is 12.6 Å². The molecule has 0 aliphatic carbocycles. The highest BCUT2D eigenvalue weighted by molar-refractivity contribution is 5.93. The number of halogens is 1. The van der Waals surface area contributed by atoms with E-state index in [9.17, 15) is 9.18 Å². The van der Waals surface area contributed by atoms with Gasteiger partial charge in [0.2, 0.25) is 0 Å². The molecule has 0 saturated carbocycles. The van der Waals surface area contributed by atoms with Crippen molar-refractivity contribution in [1.29, 1.82) is 0 Å². The van der Waals surface area contributed by atoms with E-state index in [2.05, 4.69) is 15.6 Å². The maximum absolute atomic E-state index is 12.9. The molecular formula is C12H16FN3O. The average molecular weight is 237 g/mol. The molecule has 1 unspecified atom stereocenters. The van der Waals surface area contributed by atoms with Crippen LogP contribution in [0.4, 0.5) is 4.39 Å². The molecule has 17 heavy (non-hydrogen) atoms. The number of carbonyl (C=O) groups excluding carboxylic acids is 1. The smallest absolute Gasteiger partial charge is 0.253 e. The molecule has 0 spiro atoms. The highest BCUT2D eigenvalue weighted by Gasteiger charge is 2.14. The van der Waals surface area contributed by atoms with E-state index in [0.717, 1.165) is 19.2 Å². The zero-order chi connectivity index (χ0) is 12.1. The molecule has 1 aromatic rings. The minimum atomic E-state index is -0.492. The fourth-order valence-electron chi connectivity index (χ4n) is 1.95. The van der Waals surface area contributed by atoms with Crippen LogP contribution in [0.5, 0.6) is 0 Å². The minimum absolute atomic E-state index is 0.265. The number of carbonyl (C=O) groups is 1. The van der Waals surface area contributed by atoms with Gasteiger partial charge in [0.15, 0.2) is 0 Å². The summed E-state index contributed by atoms with van der Waals surface area (Å²) in [6.45, 7) is 1.58. The van der Waals surface area contributed by atoms with Crippen molar-refractivity contribution < 1.29 is 9.18 Å². The van der Waals surface area contributed by atoms with E-state index in [1.807, 2.05) is 0 Å². The first-order valence-electron chi connectivity index (χ1n) is 5.88. The van der Waals surface area contributed by atoms with Gasteiger partial charge >= 0.3 is 0 Å². The average Bonchev–Trinajstić information content (AvgIpc) is 2.37.